The molecule has 25 heavy (non-hydrogen) atoms. The average Bonchev–Trinajstić information content (AvgIpc) is 3.06. The second-order valence-electron chi connectivity index (χ2n) is 5.83. The lowest BCUT2D eigenvalue weighted by Gasteiger charge is -2.08. The number of aromatic nitrogens is 1. The fourth-order valence-electron chi connectivity index (χ4n) is 2.45. The third-order valence-electron chi connectivity index (χ3n) is 3.66. The summed E-state index contributed by atoms with van der Waals surface area (Å²) in [5.74, 6) is 0.146. The number of aliphatic imine (C=N–C) groups is 1. The van der Waals surface area contributed by atoms with Crippen molar-refractivity contribution in [3.63, 3.8) is 0 Å². The molecule has 0 aliphatic carbocycles. The molecule has 0 aliphatic rings. The van der Waals surface area contributed by atoms with Crippen LogP contribution in [0, 0.1) is 0 Å². The fraction of sp³-hybridized carbons (Fsp3) is 0.150. The molecule has 5 heteroatoms. The number of hydrogen-bond acceptors (Lipinski definition) is 4. The van der Waals surface area contributed by atoms with E-state index in [1.165, 1.54) is 11.3 Å². The number of hydrogen-bond donors (Lipinski definition) is 0. The van der Waals surface area contributed by atoms with Crippen molar-refractivity contribution >= 4 is 38.9 Å². The summed E-state index contributed by atoms with van der Waals surface area (Å²) < 4.78 is 0. The highest BCUT2D eigenvalue weighted by Crippen LogP contribution is 2.34. The molecule has 1 heterocycles. The predicted octanol–water partition coefficient (Wildman–Crippen LogP) is 5.81. The van der Waals surface area contributed by atoms with E-state index in [1.807, 2.05) is 74.5 Å². The van der Waals surface area contributed by atoms with E-state index in [0.717, 1.165) is 27.5 Å². The van der Waals surface area contributed by atoms with Gasteiger partial charge in [-0.3, -0.25) is 4.79 Å². The first-order chi connectivity index (χ1) is 12.1. The summed E-state index contributed by atoms with van der Waals surface area (Å²) in [6, 6.07) is 20.0. The van der Waals surface area contributed by atoms with Crippen molar-refractivity contribution in [2.45, 2.75) is 19.8 Å². The summed E-state index contributed by atoms with van der Waals surface area (Å²) in [4.78, 5) is 20.8. The van der Waals surface area contributed by atoms with Gasteiger partial charge in [-0.2, -0.15) is 0 Å². The summed E-state index contributed by atoms with van der Waals surface area (Å²) in [6.45, 7) is 4.06. The number of thiazole rings is 1. The molecular weight excluding hydrogens is 352 g/mol. The Morgan fingerprint density at radius 2 is 1.52 bits per heavy atom. The Kier molecular flexibility index (Phi) is 5.41. The van der Waals surface area contributed by atoms with E-state index in [1.54, 1.807) is 0 Å². The molecule has 0 atom stereocenters. The summed E-state index contributed by atoms with van der Waals surface area (Å²) in [5.41, 5.74) is 3.66. The Morgan fingerprint density at radius 3 is 1.96 bits per heavy atom. The first-order valence-corrected chi connectivity index (χ1v) is 9.15. The maximum Gasteiger partial charge on any atom is 0.281 e. The van der Waals surface area contributed by atoms with Crippen LogP contribution >= 0.6 is 22.9 Å². The van der Waals surface area contributed by atoms with E-state index >= 15 is 0 Å². The zero-order chi connectivity index (χ0) is 17.8. The smallest absolute Gasteiger partial charge is 0.273 e. The molecule has 0 fully saturated rings. The average molecular weight is 369 g/mol. The molecule has 0 unspecified atom stereocenters. The number of nitrogens with zero attached hydrogens (tertiary/aromatic N) is 2. The molecule has 126 valence electrons. The first kappa shape index (κ1) is 17.5. The molecule has 0 spiro atoms. The van der Waals surface area contributed by atoms with E-state index in [-0.39, 0.29) is 10.9 Å². The fourth-order valence-corrected chi connectivity index (χ4v) is 3.54. The minimum absolute atomic E-state index is 0.146. The molecule has 3 aromatic rings. The molecule has 0 saturated carbocycles. The molecule has 0 saturated heterocycles. The topological polar surface area (TPSA) is 42.3 Å². The molecule has 0 aliphatic heterocycles. The number of carbonyl (C=O) groups is 1. The molecule has 0 N–H and O–H groups in total. The van der Waals surface area contributed by atoms with Gasteiger partial charge in [-0.05, 0) is 17.5 Å². The van der Waals surface area contributed by atoms with Gasteiger partial charge < -0.3 is 0 Å². The van der Waals surface area contributed by atoms with Crippen molar-refractivity contribution < 1.29 is 4.79 Å². The van der Waals surface area contributed by atoms with Gasteiger partial charge in [0.15, 0.2) is 5.01 Å². The molecular formula is C20H17ClN2OS. The maximum atomic E-state index is 11.5. The van der Waals surface area contributed by atoms with Crippen LogP contribution in [0.25, 0.3) is 0 Å². The third-order valence-corrected chi connectivity index (χ3v) is 4.91. The predicted molar refractivity (Wildman–Crippen MR) is 105 cm³/mol. The monoisotopic (exact) mass is 368 g/mol. The molecule has 3 nitrogen and oxygen atoms in total. The van der Waals surface area contributed by atoms with E-state index < -0.39 is 5.24 Å². The van der Waals surface area contributed by atoms with E-state index in [2.05, 4.69) is 4.98 Å². The largest absolute Gasteiger partial charge is 0.281 e. The van der Waals surface area contributed by atoms with Gasteiger partial charge in [0, 0.05) is 11.1 Å². The van der Waals surface area contributed by atoms with Crippen LogP contribution in [0.4, 0.5) is 5.00 Å². The van der Waals surface area contributed by atoms with E-state index in [4.69, 9.17) is 16.6 Å². The summed E-state index contributed by atoms with van der Waals surface area (Å²) in [7, 11) is 0. The van der Waals surface area contributed by atoms with Crippen molar-refractivity contribution in [2.24, 2.45) is 4.99 Å². The molecule has 1 aromatic heterocycles. The van der Waals surface area contributed by atoms with Gasteiger partial charge in [-0.1, -0.05) is 85.8 Å². The maximum absolute atomic E-state index is 11.5. The van der Waals surface area contributed by atoms with Gasteiger partial charge in [-0.25, -0.2) is 9.98 Å². The van der Waals surface area contributed by atoms with E-state index in [9.17, 15) is 4.79 Å². The molecule has 0 amide bonds. The van der Waals surface area contributed by atoms with Crippen LogP contribution in [0.2, 0.25) is 0 Å². The summed E-state index contributed by atoms with van der Waals surface area (Å²) in [5, 5.41) is 0.459. The quantitative estimate of drug-likeness (QED) is 0.421. The molecule has 2 aromatic carbocycles. The Hall–Kier alpha value is -2.30. The normalized spacial score (nSPS) is 10.7. The van der Waals surface area contributed by atoms with Crippen molar-refractivity contribution in [1.82, 2.24) is 4.98 Å². The van der Waals surface area contributed by atoms with Crippen molar-refractivity contribution in [3.8, 4) is 0 Å². The minimum atomic E-state index is -0.547. The molecule has 0 radical (unpaired) electrons. The highest BCUT2D eigenvalue weighted by atomic mass is 35.5. The van der Waals surface area contributed by atoms with Crippen LogP contribution < -0.4 is 0 Å². The first-order valence-electron chi connectivity index (χ1n) is 7.96. The summed E-state index contributed by atoms with van der Waals surface area (Å²) >= 11 is 6.86. The molecule has 0 bridgehead atoms. The Labute approximate surface area is 156 Å². The van der Waals surface area contributed by atoms with Crippen LogP contribution in [0.15, 0.2) is 65.7 Å². The Balaban J connectivity index is 2.19. The number of carbonyl (C=O) groups excluding carboxylic acids is 1. The van der Waals surface area contributed by atoms with Crippen LogP contribution in [-0.2, 0) is 0 Å². The zero-order valence-electron chi connectivity index (χ0n) is 13.9. The highest BCUT2D eigenvalue weighted by Gasteiger charge is 2.18. The summed E-state index contributed by atoms with van der Waals surface area (Å²) in [6.07, 6.45) is 0. The van der Waals surface area contributed by atoms with Crippen molar-refractivity contribution in [2.75, 3.05) is 0 Å². The van der Waals surface area contributed by atoms with Crippen LogP contribution in [-0.4, -0.2) is 15.9 Å². The second-order valence-corrected chi connectivity index (χ2v) is 7.15. The van der Waals surface area contributed by atoms with Crippen LogP contribution in [0.1, 0.15) is 46.4 Å². The number of benzene rings is 2. The lowest BCUT2D eigenvalue weighted by Crippen LogP contribution is -2.02. The SMILES string of the molecule is CC(C)c1nc(C(=O)Cl)sc1N=C(c1ccccc1)c1ccccc1. The van der Waals surface area contributed by atoms with E-state index in [0.29, 0.717) is 0 Å². The van der Waals surface area contributed by atoms with Gasteiger partial charge in [0.05, 0.1) is 11.4 Å². The number of halogens is 1. The van der Waals surface area contributed by atoms with Crippen LogP contribution in [0.5, 0.6) is 0 Å². The third kappa shape index (κ3) is 4.03. The second kappa shape index (κ2) is 7.72. The number of rotatable bonds is 5. The highest BCUT2D eigenvalue weighted by molar-refractivity contribution is 7.19. The molecule has 3 rings (SSSR count). The lowest BCUT2D eigenvalue weighted by molar-refractivity contribution is 0.108. The zero-order valence-corrected chi connectivity index (χ0v) is 15.5. The van der Waals surface area contributed by atoms with Crippen molar-refractivity contribution in [3.05, 3.63) is 82.5 Å². The lowest BCUT2D eigenvalue weighted by atomic mass is 10.0. The van der Waals surface area contributed by atoms with Gasteiger partial charge in [0.1, 0.15) is 5.00 Å². The minimum Gasteiger partial charge on any atom is -0.273 e. The standard InChI is InChI=1S/C20H17ClN2OS/c1-13(2)16-19(25-20(22-16)18(21)24)23-17(14-9-5-3-6-10-14)15-11-7-4-8-12-15/h3-13H,1-2H3. The van der Waals surface area contributed by atoms with Crippen molar-refractivity contribution in [1.29, 1.82) is 0 Å². The van der Waals surface area contributed by atoms with Gasteiger partial charge >= 0.3 is 0 Å². The van der Waals surface area contributed by atoms with Gasteiger partial charge in [0.2, 0.25) is 0 Å². The van der Waals surface area contributed by atoms with Gasteiger partial charge in [0.25, 0.3) is 5.24 Å². The Bertz CT molecular complexity index is 860. The Morgan fingerprint density at radius 1 is 1.00 bits per heavy atom. The van der Waals surface area contributed by atoms with Gasteiger partial charge in [-0.15, -0.1) is 0 Å². The van der Waals surface area contributed by atoms with Crippen LogP contribution in [0.3, 0.4) is 0 Å².